The van der Waals surface area contributed by atoms with E-state index >= 15 is 0 Å². The second-order valence-electron chi connectivity index (χ2n) is 6.01. The first-order valence-corrected chi connectivity index (χ1v) is 7.96. The van der Waals surface area contributed by atoms with Crippen molar-refractivity contribution in [3.05, 3.63) is 35.4 Å². The average Bonchev–Trinajstić information content (AvgIpc) is 2.49. The highest BCUT2D eigenvalue weighted by molar-refractivity contribution is 5.75. The number of nitrogens with one attached hydrogen (secondary N) is 1. The number of hydrogen-bond acceptors (Lipinski definition) is 3. The Hall–Kier alpha value is -1.39. The number of carbonyl (C=O) groups is 1. The molecule has 1 heterocycles. The molecule has 1 atom stereocenters. The van der Waals surface area contributed by atoms with Gasteiger partial charge in [-0.25, -0.2) is 0 Å². The molecule has 1 aromatic carbocycles. The van der Waals surface area contributed by atoms with Gasteiger partial charge in [-0.2, -0.15) is 0 Å². The zero-order chi connectivity index (χ0) is 15.1. The van der Waals surface area contributed by atoms with Crippen LogP contribution in [0.1, 0.15) is 37.3 Å². The van der Waals surface area contributed by atoms with Crippen LogP contribution in [0.4, 0.5) is 0 Å². The second kappa shape index (κ2) is 8.15. The van der Waals surface area contributed by atoms with E-state index in [2.05, 4.69) is 34.5 Å². The summed E-state index contributed by atoms with van der Waals surface area (Å²) in [7, 11) is 0. The molecular formula is C17H27N3O. The molecule has 0 saturated carbocycles. The van der Waals surface area contributed by atoms with E-state index in [4.69, 9.17) is 5.73 Å². The molecule has 0 fully saturated rings. The van der Waals surface area contributed by atoms with Gasteiger partial charge in [0.25, 0.3) is 0 Å². The molecule has 0 saturated heterocycles. The summed E-state index contributed by atoms with van der Waals surface area (Å²) in [4.78, 5) is 14.1. The van der Waals surface area contributed by atoms with Crippen LogP contribution in [0.25, 0.3) is 0 Å². The summed E-state index contributed by atoms with van der Waals surface area (Å²) in [6.45, 7) is 5.89. The Morgan fingerprint density at radius 1 is 1.38 bits per heavy atom. The molecule has 116 valence electrons. The van der Waals surface area contributed by atoms with Gasteiger partial charge in [0, 0.05) is 38.6 Å². The minimum absolute atomic E-state index is 0.101. The molecule has 0 spiro atoms. The molecule has 4 nitrogen and oxygen atoms in total. The Kier molecular flexibility index (Phi) is 6.21. The Morgan fingerprint density at radius 2 is 2.14 bits per heavy atom. The number of carbonyl (C=O) groups excluding carboxylic acids is 1. The number of fused-ring (bicyclic) bond motifs is 1. The van der Waals surface area contributed by atoms with Crippen molar-refractivity contribution >= 4 is 5.91 Å². The van der Waals surface area contributed by atoms with Crippen LogP contribution < -0.4 is 11.1 Å². The highest BCUT2D eigenvalue weighted by Crippen LogP contribution is 2.18. The molecule has 2 rings (SSSR count). The van der Waals surface area contributed by atoms with E-state index in [-0.39, 0.29) is 11.9 Å². The van der Waals surface area contributed by atoms with Crippen LogP contribution in [0.3, 0.4) is 0 Å². The Balaban J connectivity index is 1.61. The van der Waals surface area contributed by atoms with Crippen LogP contribution in [0.5, 0.6) is 0 Å². The summed E-state index contributed by atoms with van der Waals surface area (Å²) in [6, 6.07) is 8.78. The summed E-state index contributed by atoms with van der Waals surface area (Å²) in [5.41, 5.74) is 8.58. The van der Waals surface area contributed by atoms with Crippen molar-refractivity contribution in [2.45, 2.75) is 45.2 Å². The molecule has 1 aliphatic rings. The first-order chi connectivity index (χ1) is 10.1. The zero-order valence-electron chi connectivity index (χ0n) is 13.0. The largest absolute Gasteiger partial charge is 0.356 e. The van der Waals surface area contributed by atoms with Crippen molar-refractivity contribution in [2.75, 3.05) is 19.6 Å². The SMILES string of the molecule is CC(N)CCC(=O)NCCCN1CCc2ccccc2C1. The fourth-order valence-corrected chi connectivity index (χ4v) is 2.72. The highest BCUT2D eigenvalue weighted by atomic mass is 16.1. The van der Waals surface area contributed by atoms with Gasteiger partial charge in [0.2, 0.25) is 5.91 Å². The lowest BCUT2D eigenvalue weighted by Gasteiger charge is -2.28. The first kappa shape index (κ1) is 16.0. The average molecular weight is 289 g/mol. The maximum atomic E-state index is 11.6. The van der Waals surface area contributed by atoms with Gasteiger partial charge < -0.3 is 11.1 Å². The van der Waals surface area contributed by atoms with Gasteiger partial charge in [-0.3, -0.25) is 9.69 Å². The van der Waals surface area contributed by atoms with Crippen molar-refractivity contribution in [1.82, 2.24) is 10.2 Å². The number of benzene rings is 1. The Bertz CT molecular complexity index is 459. The van der Waals surface area contributed by atoms with Gasteiger partial charge in [-0.1, -0.05) is 24.3 Å². The van der Waals surface area contributed by atoms with Crippen molar-refractivity contribution in [2.24, 2.45) is 5.73 Å². The number of nitrogens with two attached hydrogens (primary N) is 1. The molecule has 1 unspecified atom stereocenters. The maximum absolute atomic E-state index is 11.6. The fourth-order valence-electron chi connectivity index (χ4n) is 2.72. The quantitative estimate of drug-likeness (QED) is 0.751. The summed E-state index contributed by atoms with van der Waals surface area (Å²) in [5.74, 6) is 0.122. The number of rotatable bonds is 7. The predicted molar refractivity (Wildman–Crippen MR) is 85.9 cm³/mol. The Morgan fingerprint density at radius 3 is 2.90 bits per heavy atom. The van der Waals surface area contributed by atoms with E-state index < -0.39 is 0 Å². The van der Waals surface area contributed by atoms with Crippen LogP contribution in [-0.2, 0) is 17.8 Å². The summed E-state index contributed by atoms with van der Waals surface area (Å²) in [5, 5.41) is 2.98. The van der Waals surface area contributed by atoms with E-state index in [9.17, 15) is 4.79 Å². The van der Waals surface area contributed by atoms with Crippen LogP contribution in [0, 0.1) is 0 Å². The Labute approximate surface area is 127 Å². The molecule has 21 heavy (non-hydrogen) atoms. The molecule has 3 N–H and O–H groups in total. The summed E-state index contributed by atoms with van der Waals surface area (Å²) >= 11 is 0. The maximum Gasteiger partial charge on any atom is 0.220 e. The van der Waals surface area contributed by atoms with Gasteiger partial charge >= 0.3 is 0 Å². The molecule has 0 radical (unpaired) electrons. The molecule has 1 aliphatic heterocycles. The van der Waals surface area contributed by atoms with Crippen LogP contribution in [0.2, 0.25) is 0 Å². The van der Waals surface area contributed by atoms with Crippen molar-refractivity contribution in [3.8, 4) is 0 Å². The highest BCUT2D eigenvalue weighted by Gasteiger charge is 2.14. The molecular weight excluding hydrogens is 262 g/mol. The van der Waals surface area contributed by atoms with Crippen LogP contribution in [0.15, 0.2) is 24.3 Å². The number of hydrogen-bond donors (Lipinski definition) is 2. The standard InChI is InChI=1S/C17H27N3O/c1-14(18)7-8-17(21)19-10-4-11-20-12-9-15-5-2-3-6-16(15)13-20/h2-3,5-6,14H,4,7-13,18H2,1H3,(H,19,21). The van der Waals surface area contributed by atoms with Gasteiger partial charge in [0.1, 0.15) is 0 Å². The van der Waals surface area contributed by atoms with E-state index in [1.165, 1.54) is 11.1 Å². The molecule has 4 heteroatoms. The molecule has 1 aromatic rings. The van der Waals surface area contributed by atoms with Gasteiger partial charge in [0.15, 0.2) is 0 Å². The normalized spacial score (nSPS) is 16.3. The van der Waals surface area contributed by atoms with E-state index in [1.807, 2.05) is 6.92 Å². The van der Waals surface area contributed by atoms with Crippen LogP contribution in [-0.4, -0.2) is 36.5 Å². The topological polar surface area (TPSA) is 58.4 Å². The predicted octanol–water partition coefficient (Wildman–Crippen LogP) is 1.68. The molecule has 0 bridgehead atoms. The lowest BCUT2D eigenvalue weighted by Crippen LogP contribution is -2.34. The van der Waals surface area contributed by atoms with Gasteiger partial charge in [-0.15, -0.1) is 0 Å². The first-order valence-electron chi connectivity index (χ1n) is 7.96. The van der Waals surface area contributed by atoms with Gasteiger partial charge in [0.05, 0.1) is 0 Å². The molecule has 0 aromatic heterocycles. The zero-order valence-corrected chi connectivity index (χ0v) is 13.0. The van der Waals surface area contributed by atoms with Crippen LogP contribution >= 0.6 is 0 Å². The van der Waals surface area contributed by atoms with E-state index in [0.29, 0.717) is 6.42 Å². The third kappa shape index (κ3) is 5.48. The van der Waals surface area contributed by atoms with E-state index in [1.54, 1.807) is 0 Å². The van der Waals surface area contributed by atoms with Crippen molar-refractivity contribution < 1.29 is 4.79 Å². The minimum Gasteiger partial charge on any atom is -0.356 e. The monoisotopic (exact) mass is 289 g/mol. The lowest BCUT2D eigenvalue weighted by molar-refractivity contribution is -0.121. The molecule has 1 amide bonds. The number of amides is 1. The summed E-state index contributed by atoms with van der Waals surface area (Å²) < 4.78 is 0. The minimum atomic E-state index is 0.101. The van der Waals surface area contributed by atoms with Gasteiger partial charge in [-0.05, 0) is 37.3 Å². The fraction of sp³-hybridized carbons (Fsp3) is 0.588. The third-order valence-corrected chi connectivity index (χ3v) is 4.01. The summed E-state index contributed by atoms with van der Waals surface area (Å²) in [6.07, 6.45) is 3.44. The number of nitrogens with zero attached hydrogens (tertiary/aromatic N) is 1. The van der Waals surface area contributed by atoms with Crippen molar-refractivity contribution in [1.29, 1.82) is 0 Å². The van der Waals surface area contributed by atoms with Crippen molar-refractivity contribution in [3.63, 3.8) is 0 Å². The third-order valence-electron chi connectivity index (χ3n) is 4.01. The van der Waals surface area contributed by atoms with E-state index in [0.717, 1.165) is 45.4 Å². The smallest absolute Gasteiger partial charge is 0.220 e. The second-order valence-corrected chi connectivity index (χ2v) is 6.01. The molecule has 0 aliphatic carbocycles. The lowest BCUT2D eigenvalue weighted by atomic mass is 10.00.